The highest BCUT2D eigenvalue weighted by atomic mass is 19.4. The number of alkyl halides is 3. The molecule has 0 saturated carbocycles. The molecule has 0 aliphatic carbocycles. The van der Waals surface area contributed by atoms with Crippen molar-refractivity contribution >= 4 is 22.7 Å². The number of benzene rings is 3. The van der Waals surface area contributed by atoms with Gasteiger partial charge in [0.25, 0.3) is 0 Å². The number of hydrogen-bond donors (Lipinski definition) is 0. The third-order valence-electron chi connectivity index (χ3n) is 8.82. The minimum atomic E-state index is -4.73. The zero-order valence-corrected chi connectivity index (χ0v) is 29.3. The van der Waals surface area contributed by atoms with Crippen LogP contribution in [0.2, 0.25) is 0 Å². The van der Waals surface area contributed by atoms with E-state index in [9.17, 15) is 22.8 Å². The van der Waals surface area contributed by atoms with Crippen LogP contribution in [0.1, 0.15) is 124 Å². The average molecular weight is 701 g/mol. The van der Waals surface area contributed by atoms with E-state index in [-0.39, 0.29) is 18.4 Å². The van der Waals surface area contributed by atoms with E-state index in [0.717, 1.165) is 38.5 Å². The van der Waals surface area contributed by atoms with E-state index in [1.54, 1.807) is 48.5 Å². The number of halogens is 3. The van der Waals surface area contributed by atoms with Crippen molar-refractivity contribution in [1.29, 1.82) is 0 Å². The van der Waals surface area contributed by atoms with Gasteiger partial charge >= 0.3 is 18.1 Å². The first-order valence-electron chi connectivity index (χ1n) is 18.2. The maximum absolute atomic E-state index is 13.9. The van der Waals surface area contributed by atoms with Gasteiger partial charge in [-0.15, -0.1) is 0 Å². The quantitative estimate of drug-likeness (QED) is 0.0659. The molecule has 10 heteroatoms. The van der Waals surface area contributed by atoms with Crippen LogP contribution in [-0.2, 0) is 14.2 Å². The van der Waals surface area contributed by atoms with E-state index in [4.69, 9.17) is 23.7 Å². The Morgan fingerprint density at radius 1 is 0.680 bits per heavy atom. The molecule has 3 atom stereocenters. The van der Waals surface area contributed by atoms with Crippen molar-refractivity contribution in [2.45, 2.75) is 128 Å². The monoisotopic (exact) mass is 700 g/mol. The molecule has 0 unspecified atom stereocenters. The summed E-state index contributed by atoms with van der Waals surface area (Å²) < 4.78 is 69.1. The predicted octanol–water partition coefficient (Wildman–Crippen LogP) is 10.8. The van der Waals surface area contributed by atoms with Crippen LogP contribution in [0.25, 0.3) is 10.8 Å². The minimum Gasteiger partial charge on any atom is -0.494 e. The van der Waals surface area contributed by atoms with Crippen molar-refractivity contribution in [1.82, 2.24) is 0 Å². The molecule has 274 valence electrons. The molecule has 0 aromatic heterocycles. The molecule has 1 saturated heterocycles. The number of unbranched alkanes of at least 4 members (excludes halogenated alkanes) is 10. The summed E-state index contributed by atoms with van der Waals surface area (Å²) in [6, 6.07) is 16.4. The lowest BCUT2D eigenvalue weighted by Gasteiger charge is -2.36. The molecule has 3 aromatic rings. The van der Waals surface area contributed by atoms with Gasteiger partial charge in [0.2, 0.25) is 0 Å². The Kier molecular flexibility index (Phi) is 15.9. The summed E-state index contributed by atoms with van der Waals surface area (Å²) in [7, 11) is 0. The summed E-state index contributed by atoms with van der Waals surface area (Å²) in [5.74, 6) is -0.408. The van der Waals surface area contributed by atoms with E-state index >= 15 is 0 Å². The van der Waals surface area contributed by atoms with Crippen LogP contribution in [0.3, 0.4) is 0 Å². The van der Waals surface area contributed by atoms with Gasteiger partial charge in [0, 0.05) is 13.0 Å². The van der Waals surface area contributed by atoms with Crippen LogP contribution in [0, 0.1) is 0 Å². The highest BCUT2D eigenvalue weighted by Gasteiger charge is 2.51. The maximum Gasteiger partial charge on any atom is 0.418 e. The molecule has 1 aliphatic rings. The summed E-state index contributed by atoms with van der Waals surface area (Å²) in [6.07, 6.45) is 4.24. The second-order valence-electron chi connectivity index (χ2n) is 12.9. The molecule has 1 aliphatic heterocycles. The molecule has 3 aromatic carbocycles. The number of ether oxygens (including phenoxy) is 5. The predicted molar refractivity (Wildman–Crippen MR) is 187 cm³/mol. The van der Waals surface area contributed by atoms with Crippen LogP contribution < -0.4 is 9.47 Å². The van der Waals surface area contributed by atoms with Gasteiger partial charge in [-0.2, -0.15) is 13.2 Å². The van der Waals surface area contributed by atoms with Gasteiger partial charge in [0.15, 0.2) is 12.4 Å². The zero-order valence-electron chi connectivity index (χ0n) is 29.3. The van der Waals surface area contributed by atoms with E-state index in [1.165, 1.54) is 50.7 Å². The first kappa shape index (κ1) is 39.2. The molecule has 50 heavy (non-hydrogen) atoms. The lowest BCUT2D eigenvalue weighted by atomic mass is 10.0. The van der Waals surface area contributed by atoms with Gasteiger partial charge in [-0.05, 0) is 78.6 Å². The van der Waals surface area contributed by atoms with Crippen LogP contribution in [0.5, 0.6) is 11.5 Å². The van der Waals surface area contributed by atoms with Gasteiger partial charge < -0.3 is 23.7 Å². The van der Waals surface area contributed by atoms with E-state index in [1.807, 2.05) is 0 Å². The number of carbonyl (C=O) groups excluding carboxylic acids is 2. The molecule has 0 radical (unpaired) electrons. The van der Waals surface area contributed by atoms with Gasteiger partial charge in [0.05, 0.1) is 17.7 Å². The van der Waals surface area contributed by atoms with E-state index < -0.39 is 36.6 Å². The second-order valence-corrected chi connectivity index (χ2v) is 12.9. The molecule has 0 spiro atoms. The number of fused-ring (bicyclic) bond motifs is 1. The Bertz CT molecular complexity index is 1470. The summed E-state index contributed by atoms with van der Waals surface area (Å²) in [4.78, 5) is 25.8. The van der Waals surface area contributed by atoms with Gasteiger partial charge in [0.1, 0.15) is 17.6 Å². The SMILES string of the molecule is CCCCCCCCCCOc1ccc(C(=O)Oc2ccc3cc(C(=O)O[C@@H]4CC[C@@H](OCCCCCC)O[C@H]4C(F)(F)F)ccc3c2)cc1. The van der Waals surface area contributed by atoms with E-state index in [0.29, 0.717) is 41.0 Å². The number of carbonyl (C=O) groups is 2. The molecular formula is C40H51F3O7. The van der Waals surface area contributed by atoms with E-state index in [2.05, 4.69) is 13.8 Å². The van der Waals surface area contributed by atoms with Crippen molar-refractivity contribution in [3.8, 4) is 11.5 Å². The largest absolute Gasteiger partial charge is 0.494 e. The van der Waals surface area contributed by atoms with Crippen LogP contribution in [0.15, 0.2) is 60.7 Å². The third kappa shape index (κ3) is 12.6. The summed E-state index contributed by atoms with van der Waals surface area (Å²) in [6.45, 7) is 5.25. The highest BCUT2D eigenvalue weighted by molar-refractivity contribution is 5.96. The lowest BCUT2D eigenvalue weighted by molar-refractivity contribution is -0.311. The van der Waals surface area contributed by atoms with Crippen molar-refractivity contribution in [3.05, 3.63) is 71.8 Å². The average Bonchev–Trinajstić information content (AvgIpc) is 3.11. The fourth-order valence-corrected chi connectivity index (χ4v) is 5.94. The second kappa shape index (κ2) is 20.3. The summed E-state index contributed by atoms with van der Waals surface area (Å²) in [5.41, 5.74) is 0.471. The van der Waals surface area contributed by atoms with Crippen molar-refractivity contribution in [2.24, 2.45) is 0 Å². The highest BCUT2D eigenvalue weighted by Crippen LogP contribution is 2.35. The minimum absolute atomic E-state index is 0.0348. The first-order chi connectivity index (χ1) is 24.2. The standard InChI is InChI=1S/C40H51F3O7/c1-3-5-7-9-10-11-12-14-25-46-33-20-17-29(18-21-33)38(44)48-34-22-19-30-27-32(16-15-31(30)28-34)39(45)49-35-23-24-36(47-26-13-8-6-4-2)50-37(35)40(41,42)43/h15-22,27-28,35-37H,3-14,23-26H2,1-2H3/t35-,36+,37-/m1/s1. The molecular weight excluding hydrogens is 649 g/mol. The third-order valence-corrected chi connectivity index (χ3v) is 8.82. The van der Waals surface area contributed by atoms with Gasteiger partial charge in [-0.25, -0.2) is 9.59 Å². The van der Waals surface area contributed by atoms with Gasteiger partial charge in [-0.1, -0.05) is 90.2 Å². The number of hydrogen-bond acceptors (Lipinski definition) is 7. The molecule has 0 bridgehead atoms. The Morgan fingerprint density at radius 3 is 1.96 bits per heavy atom. The number of esters is 2. The molecule has 1 fully saturated rings. The Balaban J connectivity index is 1.25. The zero-order chi connectivity index (χ0) is 35.8. The fraction of sp³-hybridized carbons (Fsp3) is 0.550. The lowest BCUT2D eigenvalue weighted by Crippen LogP contribution is -2.50. The van der Waals surface area contributed by atoms with Crippen LogP contribution >= 0.6 is 0 Å². The Morgan fingerprint density at radius 2 is 1.26 bits per heavy atom. The smallest absolute Gasteiger partial charge is 0.418 e. The number of rotatable bonds is 20. The molecule has 0 amide bonds. The van der Waals surface area contributed by atoms with Gasteiger partial charge in [-0.3, -0.25) is 0 Å². The van der Waals surface area contributed by atoms with Crippen molar-refractivity contribution in [3.63, 3.8) is 0 Å². The molecule has 7 nitrogen and oxygen atoms in total. The molecule has 1 heterocycles. The topological polar surface area (TPSA) is 80.3 Å². The Labute approximate surface area is 293 Å². The fourth-order valence-electron chi connectivity index (χ4n) is 5.94. The first-order valence-corrected chi connectivity index (χ1v) is 18.2. The van der Waals surface area contributed by atoms with Crippen LogP contribution in [0.4, 0.5) is 13.2 Å². The molecule has 4 rings (SSSR count). The van der Waals surface area contributed by atoms with Crippen molar-refractivity contribution in [2.75, 3.05) is 13.2 Å². The Hall–Kier alpha value is -3.63. The summed E-state index contributed by atoms with van der Waals surface area (Å²) >= 11 is 0. The summed E-state index contributed by atoms with van der Waals surface area (Å²) in [5, 5.41) is 1.30. The maximum atomic E-state index is 13.9. The molecule has 0 N–H and O–H groups in total. The van der Waals surface area contributed by atoms with Crippen LogP contribution in [-0.4, -0.2) is 49.8 Å². The van der Waals surface area contributed by atoms with Crippen molar-refractivity contribution < 1.29 is 46.4 Å². The normalized spacial score (nSPS) is 17.8.